The Balaban J connectivity index is 2.12. The van der Waals surface area contributed by atoms with Crippen molar-refractivity contribution in [2.24, 2.45) is 5.73 Å². The normalized spacial score (nSPS) is 12.7. The van der Waals surface area contributed by atoms with E-state index in [4.69, 9.17) is 5.73 Å². The van der Waals surface area contributed by atoms with Crippen molar-refractivity contribution >= 4 is 0 Å². The summed E-state index contributed by atoms with van der Waals surface area (Å²) in [6, 6.07) is 15.9. The third-order valence-corrected chi connectivity index (χ3v) is 2.89. The second-order valence-electron chi connectivity index (χ2n) is 4.27. The second kappa shape index (κ2) is 5.74. The number of alkyl halides is 2. The number of nitrogens with two attached hydrogens (primary N) is 1. The van der Waals surface area contributed by atoms with Crippen LogP contribution in [0, 0.1) is 0 Å². The minimum atomic E-state index is -2.43. The zero-order valence-corrected chi connectivity index (χ0v) is 9.89. The van der Waals surface area contributed by atoms with Crippen LogP contribution in [0.1, 0.15) is 29.2 Å². The number of hydrogen-bond donors (Lipinski definition) is 1. The van der Waals surface area contributed by atoms with Gasteiger partial charge in [0.15, 0.2) is 0 Å². The maximum absolute atomic E-state index is 12.6. The van der Waals surface area contributed by atoms with Crippen LogP contribution in [0.4, 0.5) is 8.78 Å². The molecule has 0 radical (unpaired) electrons. The molecule has 3 heteroatoms. The average Bonchev–Trinajstić information content (AvgIpc) is 2.40. The number of rotatable bonds is 4. The summed E-state index contributed by atoms with van der Waals surface area (Å²) >= 11 is 0. The van der Waals surface area contributed by atoms with Crippen LogP contribution in [-0.4, -0.2) is 0 Å². The van der Waals surface area contributed by atoms with Crippen LogP contribution in [-0.2, 0) is 6.42 Å². The molecule has 1 atom stereocenters. The molecule has 94 valence electrons. The van der Waals surface area contributed by atoms with Gasteiger partial charge in [-0.05, 0) is 17.5 Å². The summed E-state index contributed by atoms with van der Waals surface area (Å²) < 4.78 is 25.2. The van der Waals surface area contributed by atoms with Crippen molar-refractivity contribution in [3.05, 3.63) is 71.3 Å². The molecule has 0 bridgehead atoms. The topological polar surface area (TPSA) is 26.0 Å². The van der Waals surface area contributed by atoms with Gasteiger partial charge >= 0.3 is 0 Å². The minimum absolute atomic E-state index is 0.0489. The van der Waals surface area contributed by atoms with Gasteiger partial charge in [-0.15, -0.1) is 0 Å². The Labute approximate surface area is 105 Å². The van der Waals surface area contributed by atoms with Crippen LogP contribution in [0.25, 0.3) is 0 Å². The van der Waals surface area contributed by atoms with E-state index in [2.05, 4.69) is 0 Å². The number of halogens is 2. The van der Waals surface area contributed by atoms with Gasteiger partial charge in [-0.25, -0.2) is 8.78 Å². The van der Waals surface area contributed by atoms with Gasteiger partial charge in [-0.2, -0.15) is 0 Å². The smallest absolute Gasteiger partial charge is 0.263 e. The van der Waals surface area contributed by atoms with E-state index in [1.165, 1.54) is 12.1 Å². The van der Waals surface area contributed by atoms with Crippen molar-refractivity contribution in [1.82, 2.24) is 0 Å². The Bertz CT molecular complexity index is 497. The first kappa shape index (κ1) is 12.7. The fraction of sp³-hybridized carbons (Fsp3) is 0.200. The van der Waals surface area contributed by atoms with Crippen molar-refractivity contribution in [1.29, 1.82) is 0 Å². The highest BCUT2D eigenvalue weighted by Crippen LogP contribution is 2.22. The van der Waals surface area contributed by atoms with E-state index >= 15 is 0 Å². The number of benzene rings is 2. The highest BCUT2D eigenvalue weighted by atomic mass is 19.3. The van der Waals surface area contributed by atoms with Gasteiger partial charge in [0.2, 0.25) is 0 Å². The highest BCUT2D eigenvalue weighted by molar-refractivity contribution is 5.27. The molecule has 0 aliphatic rings. The van der Waals surface area contributed by atoms with Gasteiger partial charge in [0.25, 0.3) is 6.43 Å². The molecule has 0 aliphatic heterocycles. The molecule has 1 nitrogen and oxygen atoms in total. The monoisotopic (exact) mass is 247 g/mol. The maximum atomic E-state index is 12.6. The molecule has 0 saturated heterocycles. The molecule has 2 rings (SSSR count). The van der Waals surface area contributed by atoms with Gasteiger partial charge in [-0.1, -0.05) is 54.6 Å². The zero-order chi connectivity index (χ0) is 13.0. The molecule has 0 amide bonds. The van der Waals surface area contributed by atoms with E-state index in [1.807, 2.05) is 36.4 Å². The van der Waals surface area contributed by atoms with E-state index < -0.39 is 6.43 Å². The van der Waals surface area contributed by atoms with E-state index in [1.54, 1.807) is 6.07 Å². The molecular weight excluding hydrogens is 232 g/mol. The fourth-order valence-corrected chi connectivity index (χ4v) is 1.93. The van der Waals surface area contributed by atoms with Crippen molar-refractivity contribution in [3.8, 4) is 0 Å². The number of hydrogen-bond acceptors (Lipinski definition) is 1. The van der Waals surface area contributed by atoms with Crippen molar-refractivity contribution in [3.63, 3.8) is 0 Å². The Morgan fingerprint density at radius 3 is 2.22 bits per heavy atom. The Morgan fingerprint density at radius 2 is 1.56 bits per heavy atom. The lowest BCUT2D eigenvalue weighted by Crippen LogP contribution is -2.13. The van der Waals surface area contributed by atoms with Crippen molar-refractivity contribution < 1.29 is 8.78 Å². The third kappa shape index (κ3) is 3.14. The quantitative estimate of drug-likeness (QED) is 0.872. The predicted molar refractivity (Wildman–Crippen MR) is 68.5 cm³/mol. The largest absolute Gasteiger partial charge is 0.324 e. The van der Waals surface area contributed by atoms with E-state index in [0.717, 1.165) is 11.1 Å². The summed E-state index contributed by atoms with van der Waals surface area (Å²) in [6.45, 7) is 0. The molecule has 18 heavy (non-hydrogen) atoms. The summed E-state index contributed by atoms with van der Waals surface area (Å²) in [4.78, 5) is 0. The van der Waals surface area contributed by atoms with Crippen LogP contribution in [0.3, 0.4) is 0 Å². The first-order valence-electron chi connectivity index (χ1n) is 5.84. The fourth-order valence-electron chi connectivity index (χ4n) is 1.93. The lowest BCUT2D eigenvalue weighted by atomic mass is 9.98. The first-order valence-corrected chi connectivity index (χ1v) is 5.84. The summed E-state index contributed by atoms with van der Waals surface area (Å²) in [7, 11) is 0. The highest BCUT2D eigenvalue weighted by Gasteiger charge is 2.10. The van der Waals surface area contributed by atoms with Crippen LogP contribution in [0.2, 0.25) is 0 Å². The SMILES string of the molecule is NC(Cc1cccc(C(F)F)c1)c1ccccc1. The van der Waals surface area contributed by atoms with E-state index in [9.17, 15) is 8.78 Å². The summed E-state index contributed by atoms with van der Waals surface area (Å²) in [5.41, 5.74) is 7.97. The molecular formula is C15H15F2N. The molecule has 0 fully saturated rings. The Kier molecular flexibility index (Phi) is 4.05. The molecule has 0 spiro atoms. The predicted octanol–water partition coefficient (Wildman–Crippen LogP) is 3.87. The standard InChI is InChI=1S/C15H15F2N/c16-15(17)13-8-4-5-11(9-13)10-14(18)12-6-2-1-3-7-12/h1-9,14-15H,10,18H2. The van der Waals surface area contributed by atoms with Gasteiger partial charge in [0.1, 0.15) is 0 Å². The van der Waals surface area contributed by atoms with Crippen LogP contribution < -0.4 is 5.73 Å². The first-order chi connectivity index (χ1) is 8.66. The minimum Gasteiger partial charge on any atom is -0.324 e. The van der Waals surface area contributed by atoms with Crippen LogP contribution in [0.15, 0.2) is 54.6 Å². The van der Waals surface area contributed by atoms with Crippen LogP contribution >= 0.6 is 0 Å². The van der Waals surface area contributed by atoms with Crippen LogP contribution in [0.5, 0.6) is 0 Å². The van der Waals surface area contributed by atoms with Gasteiger partial charge in [0.05, 0.1) is 0 Å². The lowest BCUT2D eigenvalue weighted by molar-refractivity contribution is 0.151. The second-order valence-corrected chi connectivity index (χ2v) is 4.27. The molecule has 2 aromatic rings. The molecule has 0 aromatic heterocycles. The maximum Gasteiger partial charge on any atom is 0.263 e. The van der Waals surface area contributed by atoms with Gasteiger partial charge < -0.3 is 5.73 Å². The molecule has 0 aliphatic carbocycles. The molecule has 2 N–H and O–H groups in total. The summed E-state index contributed by atoms with van der Waals surface area (Å²) in [6.07, 6.45) is -1.87. The molecule has 1 unspecified atom stereocenters. The Hall–Kier alpha value is -1.74. The summed E-state index contributed by atoms with van der Waals surface area (Å²) in [5, 5.41) is 0. The van der Waals surface area contributed by atoms with Gasteiger partial charge in [0, 0.05) is 11.6 Å². The molecule has 0 heterocycles. The average molecular weight is 247 g/mol. The molecule has 2 aromatic carbocycles. The van der Waals surface area contributed by atoms with Gasteiger partial charge in [-0.3, -0.25) is 0 Å². The lowest BCUT2D eigenvalue weighted by Gasteiger charge is -2.12. The summed E-state index contributed by atoms with van der Waals surface area (Å²) in [5.74, 6) is 0. The van der Waals surface area contributed by atoms with Crippen molar-refractivity contribution in [2.45, 2.75) is 18.9 Å². The van der Waals surface area contributed by atoms with E-state index in [0.29, 0.717) is 6.42 Å². The zero-order valence-electron chi connectivity index (χ0n) is 9.89. The van der Waals surface area contributed by atoms with E-state index in [-0.39, 0.29) is 11.6 Å². The Morgan fingerprint density at radius 1 is 0.889 bits per heavy atom. The van der Waals surface area contributed by atoms with Crippen molar-refractivity contribution in [2.75, 3.05) is 0 Å². The third-order valence-electron chi connectivity index (χ3n) is 2.89. The molecule has 0 saturated carbocycles.